The molecule has 2 aliphatic carbocycles. The molecule has 6 heteroatoms. The van der Waals surface area contributed by atoms with Gasteiger partial charge in [-0.15, -0.1) is 5.92 Å². The van der Waals surface area contributed by atoms with Crippen molar-refractivity contribution in [1.82, 2.24) is 0 Å². The summed E-state index contributed by atoms with van der Waals surface area (Å²) >= 11 is 0. The normalized spacial score (nSPS) is 24.3. The monoisotopic (exact) mass is 568 g/mol. The summed E-state index contributed by atoms with van der Waals surface area (Å²) in [5.74, 6) is 6.26. The molecule has 0 aromatic heterocycles. The lowest BCUT2D eigenvalue weighted by Gasteiger charge is -2.46. The Hall–Kier alpha value is -3.95. The third-order valence-electron chi connectivity index (χ3n) is 9.38. The maximum Gasteiger partial charge on any atom is 0.160 e. The number of hydrogen-bond acceptors (Lipinski definition) is 6. The van der Waals surface area contributed by atoms with E-state index in [4.69, 9.17) is 4.74 Å². The molecule has 0 heterocycles. The molecule has 0 radical (unpaired) electrons. The van der Waals surface area contributed by atoms with Crippen LogP contribution in [-0.2, 0) is 16.6 Å². The Morgan fingerprint density at radius 3 is 2.33 bits per heavy atom. The highest BCUT2D eigenvalue weighted by atomic mass is 16.5. The molecular weight excluding hydrogens is 528 g/mol. The van der Waals surface area contributed by atoms with Crippen molar-refractivity contribution >= 4 is 5.78 Å². The van der Waals surface area contributed by atoms with Gasteiger partial charge in [-0.05, 0) is 60.2 Å². The lowest BCUT2D eigenvalue weighted by atomic mass is 9.59. The molecule has 0 unspecified atom stereocenters. The van der Waals surface area contributed by atoms with E-state index in [-0.39, 0.29) is 53.6 Å². The number of aliphatic hydroxyl groups is 1. The van der Waals surface area contributed by atoms with Gasteiger partial charge in [0.15, 0.2) is 23.0 Å². The van der Waals surface area contributed by atoms with Crippen LogP contribution in [0.25, 0.3) is 0 Å². The zero-order chi connectivity index (χ0) is 29.7. The van der Waals surface area contributed by atoms with Crippen molar-refractivity contribution in [3.63, 3.8) is 0 Å². The Morgan fingerprint density at radius 1 is 0.881 bits per heavy atom. The number of carbonyl (C=O) groups is 1. The van der Waals surface area contributed by atoms with Crippen LogP contribution in [0.1, 0.15) is 74.0 Å². The van der Waals surface area contributed by atoms with Gasteiger partial charge in [-0.2, -0.15) is 0 Å². The first-order chi connectivity index (χ1) is 20.3. The lowest BCUT2D eigenvalue weighted by Crippen LogP contribution is -2.44. The molecule has 0 aliphatic heterocycles. The van der Waals surface area contributed by atoms with Crippen LogP contribution in [0.2, 0.25) is 0 Å². The highest BCUT2D eigenvalue weighted by Crippen LogP contribution is 2.50. The fraction of sp³-hybridized carbons (Fsp3) is 0.417. The van der Waals surface area contributed by atoms with Gasteiger partial charge in [0, 0.05) is 42.4 Å². The smallest absolute Gasteiger partial charge is 0.160 e. The molecule has 0 amide bonds. The summed E-state index contributed by atoms with van der Waals surface area (Å²) in [6, 6.07) is 20.3. The van der Waals surface area contributed by atoms with E-state index in [2.05, 4.69) is 24.0 Å². The number of methoxy groups -OCH3 is 1. The van der Waals surface area contributed by atoms with Crippen molar-refractivity contribution < 1.29 is 30.0 Å². The quantitative estimate of drug-likeness (QED) is 0.203. The number of Topliss-reactive ketones (excluding diaryl/α,β-unsaturated/α-hetero) is 1. The zero-order valence-corrected chi connectivity index (χ0v) is 24.1. The van der Waals surface area contributed by atoms with E-state index in [1.807, 2.05) is 30.3 Å². The first-order valence-electron chi connectivity index (χ1n) is 14.9. The van der Waals surface area contributed by atoms with E-state index in [0.717, 1.165) is 48.8 Å². The number of ether oxygens (including phenoxy) is 1. The third-order valence-corrected chi connectivity index (χ3v) is 9.38. The molecule has 6 nitrogen and oxygen atoms in total. The molecule has 2 aliphatic rings. The molecule has 5 rings (SSSR count). The fourth-order valence-electron chi connectivity index (χ4n) is 7.17. The lowest BCUT2D eigenvalue weighted by molar-refractivity contribution is -0.123. The Bertz CT molecular complexity index is 1450. The van der Waals surface area contributed by atoms with Crippen LogP contribution in [-0.4, -0.2) is 39.4 Å². The Labute approximate surface area is 248 Å². The van der Waals surface area contributed by atoms with Crippen molar-refractivity contribution in [2.75, 3.05) is 7.11 Å². The summed E-state index contributed by atoms with van der Waals surface area (Å²) in [5.41, 5.74) is 2.40. The van der Waals surface area contributed by atoms with E-state index in [1.165, 1.54) is 13.2 Å². The number of phenols is 3. The SMILES string of the molecule is COc1cc([C@@H]2CC(=O)C[C@H](O)[C@H](C3(c4ccc(O)c(O)c4)CCCCC3)CC#C[C@@H]2Cc2ccccc2)ccc1O. The molecule has 1 saturated carbocycles. The van der Waals surface area contributed by atoms with Crippen molar-refractivity contribution in [2.45, 2.75) is 75.2 Å². The predicted molar refractivity (Wildman–Crippen MR) is 162 cm³/mol. The standard InChI is InChI=1S/C36H40O6/c1-42-35-20-26(13-15-32(35)39)29-22-28(37)23-33(40)30(12-8-11-25(29)19-24-9-4-2-5-10-24)36(17-6-3-7-18-36)27-14-16-31(38)34(41)21-27/h2,4-5,9-10,13-16,20-21,25,29-30,33,38-41H,3,6-7,12,17-19,22-23H2,1H3/t25-,29-,30-,33+/m1/s1. The van der Waals surface area contributed by atoms with Gasteiger partial charge in [0.1, 0.15) is 5.78 Å². The van der Waals surface area contributed by atoms with Crippen molar-refractivity contribution in [3.8, 4) is 34.8 Å². The van der Waals surface area contributed by atoms with E-state index >= 15 is 0 Å². The van der Waals surface area contributed by atoms with Crippen molar-refractivity contribution in [1.29, 1.82) is 0 Å². The highest BCUT2D eigenvalue weighted by Gasteiger charge is 2.45. The van der Waals surface area contributed by atoms with Crippen LogP contribution >= 0.6 is 0 Å². The predicted octanol–water partition coefficient (Wildman–Crippen LogP) is 6.39. The molecule has 4 atom stereocenters. The van der Waals surface area contributed by atoms with Crippen LogP contribution in [0.15, 0.2) is 66.7 Å². The van der Waals surface area contributed by atoms with Gasteiger partial charge in [-0.3, -0.25) is 4.79 Å². The summed E-state index contributed by atoms with van der Waals surface area (Å²) in [6.45, 7) is 0. The van der Waals surface area contributed by atoms with Crippen LogP contribution in [0.4, 0.5) is 0 Å². The number of rotatable bonds is 6. The Balaban J connectivity index is 1.57. The van der Waals surface area contributed by atoms with Gasteiger partial charge in [0.25, 0.3) is 0 Å². The highest BCUT2D eigenvalue weighted by molar-refractivity contribution is 5.80. The van der Waals surface area contributed by atoms with Crippen molar-refractivity contribution in [3.05, 3.63) is 83.4 Å². The summed E-state index contributed by atoms with van der Waals surface area (Å²) < 4.78 is 5.38. The van der Waals surface area contributed by atoms with Crippen LogP contribution in [0, 0.1) is 23.7 Å². The van der Waals surface area contributed by atoms with Gasteiger partial charge in [0.2, 0.25) is 0 Å². The van der Waals surface area contributed by atoms with Gasteiger partial charge in [-0.1, -0.05) is 67.6 Å². The number of aliphatic hydroxyl groups excluding tert-OH is 1. The van der Waals surface area contributed by atoms with Gasteiger partial charge < -0.3 is 25.2 Å². The van der Waals surface area contributed by atoms with Crippen LogP contribution in [0.5, 0.6) is 23.0 Å². The summed E-state index contributed by atoms with van der Waals surface area (Å²) in [6.07, 6.45) is 5.07. The first-order valence-corrected chi connectivity index (χ1v) is 14.9. The number of benzene rings is 3. The van der Waals surface area contributed by atoms with E-state index in [1.54, 1.807) is 18.2 Å². The molecule has 3 aromatic rings. The minimum absolute atomic E-state index is 0.0158. The van der Waals surface area contributed by atoms with Gasteiger partial charge in [-0.25, -0.2) is 0 Å². The molecule has 0 bridgehead atoms. The number of aromatic hydroxyl groups is 3. The maximum atomic E-state index is 13.7. The van der Waals surface area contributed by atoms with Crippen LogP contribution in [0.3, 0.4) is 0 Å². The zero-order valence-electron chi connectivity index (χ0n) is 24.1. The average Bonchev–Trinajstić information content (AvgIpc) is 3.00. The number of carbonyl (C=O) groups excluding carboxylic acids is 1. The summed E-state index contributed by atoms with van der Waals surface area (Å²) in [4.78, 5) is 13.7. The van der Waals surface area contributed by atoms with Gasteiger partial charge in [0.05, 0.1) is 13.2 Å². The molecule has 1 fully saturated rings. The second kappa shape index (κ2) is 12.9. The largest absolute Gasteiger partial charge is 0.504 e. The van der Waals surface area contributed by atoms with E-state index in [0.29, 0.717) is 18.6 Å². The second-order valence-electron chi connectivity index (χ2n) is 11.9. The Kier molecular flexibility index (Phi) is 9.09. The van der Waals surface area contributed by atoms with Crippen molar-refractivity contribution in [2.24, 2.45) is 11.8 Å². The molecule has 3 aromatic carbocycles. The van der Waals surface area contributed by atoms with Crippen LogP contribution < -0.4 is 4.74 Å². The molecule has 0 saturated heterocycles. The van der Waals surface area contributed by atoms with Gasteiger partial charge >= 0.3 is 0 Å². The van der Waals surface area contributed by atoms with E-state index < -0.39 is 11.5 Å². The molecule has 0 spiro atoms. The second-order valence-corrected chi connectivity index (χ2v) is 11.9. The summed E-state index contributed by atoms with van der Waals surface area (Å²) in [7, 11) is 1.50. The average molecular weight is 569 g/mol. The number of phenolic OH excluding ortho intramolecular Hbond substituents is 3. The topological polar surface area (TPSA) is 107 Å². The summed E-state index contributed by atoms with van der Waals surface area (Å²) in [5, 5.41) is 42.3. The van der Waals surface area contributed by atoms with E-state index in [9.17, 15) is 25.2 Å². The minimum Gasteiger partial charge on any atom is -0.504 e. The third kappa shape index (κ3) is 6.27. The maximum absolute atomic E-state index is 13.7. The minimum atomic E-state index is -0.901. The molecule has 4 N–H and O–H groups in total. The number of ketones is 1. The Morgan fingerprint density at radius 2 is 1.62 bits per heavy atom. The number of hydrogen-bond donors (Lipinski definition) is 4. The molecule has 220 valence electrons. The molecular formula is C36H40O6. The first kappa shape index (κ1) is 29.5. The molecule has 42 heavy (non-hydrogen) atoms. The fourth-order valence-corrected chi connectivity index (χ4v) is 7.17.